The first-order valence-electron chi connectivity index (χ1n) is 8.16. The SMILES string of the molecule is [2H]C1CCCCCCCC=CCCCCCCO1. The zero-order chi connectivity index (χ0) is 12.9. The third-order valence-electron chi connectivity index (χ3n) is 3.36. The molecule has 100 valence electrons. The summed E-state index contributed by atoms with van der Waals surface area (Å²) in [7, 11) is 0. The second-order valence-corrected chi connectivity index (χ2v) is 5.06. The maximum Gasteiger partial charge on any atom is 0.0567 e. The monoisotopic (exact) mass is 239 g/mol. The van der Waals surface area contributed by atoms with Gasteiger partial charge in [-0.1, -0.05) is 50.7 Å². The van der Waals surface area contributed by atoms with Crippen LogP contribution in [0.5, 0.6) is 0 Å². The van der Waals surface area contributed by atoms with Crippen molar-refractivity contribution >= 4 is 0 Å². The average molecular weight is 239 g/mol. The molecule has 1 unspecified atom stereocenters. The molecule has 1 aliphatic heterocycles. The van der Waals surface area contributed by atoms with E-state index < -0.39 is 0 Å². The topological polar surface area (TPSA) is 9.23 Å². The maximum absolute atomic E-state index is 7.78. The molecule has 0 saturated carbocycles. The number of hydrogen-bond donors (Lipinski definition) is 0. The largest absolute Gasteiger partial charge is 0.381 e. The lowest BCUT2D eigenvalue weighted by atomic mass is 10.1. The zero-order valence-electron chi connectivity index (χ0n) is 12.3. The molecule has 0 N–H and O–H groups in total. The van der Waals surface area contributed by atoms with Gasteiger partial charge in [0.15, 0.2) is 0 Å². The summed E-state index contributed by atoms with van der Waals surface area (Å²) >= 11 is 0. The fraction of sp³-hybridized carbons (Fsp3) is 0.875. The number of hydrogen-bond acceptors (Lipinski definition) is 1. The first-order valence-corrected chi connectivity index (χ1v) is 7.58. The van der Waals surface area contributed by atoms with Crippen molar-refractivity contribution in [3.63, 3.8) is 0 Å². The van der Waals surface area contributed by atoms with E-state index in [1.165, 1.54) is 57.8 Å². The minimum absolute atomic E-state index is 0.276. The number of ether oxygens (including phenoxy) is 1. The summed E-state index contributed by atoms with van der Waals surface area (Å²) in [4.78, 5) is 0. The molecule has 1 rings (SSSR count). The van der Waals surface area contributed by atoms with Crippen LogP contribution in [0.3, 0.4) is 0 Å². The zero-order valence-corrected chi connectivity index (χ0v) is 11.3. The number of allylic oxidation sites excluding steroid dienone is 2. The van der Waals surface area contributed by atoms with Gasteiger partial charge in [0.05, 0.1) is 1.37 Å². The highest BCUT2D eigenvalue weighted by molar-refractivity contribution is 4.81. The molecular formula is C16H30O. The molecule has 1 nitrogen and oxygen atoms in total. The molecular weight excluding hydrogens is 208 g/mol. The van der Waals surface area contributed by atoms with Gasteiger partial charge in [-0.3, -0.25) is 0 Å². The minimum Gasteiger partial charge on any atom is -0.381 e. The van der Waals surface area contributed by atoms with E-state index in [1.54, 1.807) is 0 Å². The van der Waals surface area contributed by atoms with Crippen LogP contribution >= 0.6 is 0 Å². The molecule has 17 heavy (non-hydrogen) atoms. The van der Waals surface area contributed by atoms with Crippen LogP contribution in [0.4, 0.5) is 0 Å². The lowest BCUT2D eigenvalue weighted by Gasteiger charge is -2.04. The molecule has 0 aliphatic carbocycles. The molecule has 1 heteroatoms. The van der Waals surface area contributed by atoms with Crippen LogP contribution < -0.4 is 0 Å². The van der Waals surface area contributed by atoms with Gasteiger partial charge in [0.2, 0.25) is 0 Å². The predicted molar refractivity (Wildman–Crippen MR) is 75.4 cm³/mol. The molecule has 1 heterocycles. The van der Waals surface area contributed by atoms with Gasteiger partial charge < -0.3 is 4.74 Å². The van der Waals surface area contributed by atoms with Crippen molar-refractivity contribution in [3.05, 3.63) is 12.2 Å². The third-order valence-corrected chi connectivity index (χ3v) is 3.36. The Kier molecular flexibility index (Phi) is 9.40. The molecule has 0 aromatic rings. The fourth-order valence-electron chi connectivity index (χ4n) is 2.22. The molecule has 0 bridgehead atoms. The molecule has 0 saturated heterocycles. The van der Waals surface area contributed by atoms with Crippen molar-refractivity contribution < 1.29 is 6.11 Å². The van der Waals surface area contributed by atoms with E-state index in [2.05, 4.69) is 12.2 Å². The minimum atomic E-state index is -0.276. The van der Waals surface area contributed by atoms with Gasteiger partial charge in [-0.25, -0.2) is 0 Å². The van der Waals surface area contributed by atoms with E-state index in [9.17, 15) is 0 Å². The molecule has 1 aliphatic rings. The Bertz CT molecular complexity index is 183. The van der Waals surface area contributed by atoms with E-state index in [-0.39, 0.29) is 6.58 Å². The van der Waals surface area contributed by atoms with Gasteiger partial charge in [0.1, 0.15) is 0 Å². The highest BCUT2D eigenvalue weighted by Gasteiger charge is 1.94. The second-order valence-electron chi connectivity index (χ2n) is 5.06. The summed E-state index contributed by atoms with van der Waals surface area (Å²) in [6, 6.07) is 0. The van der Waals surface area contributed by atoms with Crippen molar-refractivity contribution in [3.8, 4) is 0 Å². The van der Waals surface area contributed by atoms with E-state index in [0.29, 0.717) is 0 Å². The number of rotatable bonds is 0. The van der Waals surface area contributed by atoms with E-state index in [1.807, 2.05) is 0 Å². The Labute approximate surface area is 109 Å². The van der Waals surface area contributed by atoms with E-state index in [4.69, 9.17) is 6.11 Å². The van der Waals surface area contributed by atoms with E-state index >= 15 is 0 Å². The second kappa shape index (κ2) is 12.2. The molecule has 0 spiro atoms. The van der Waals surface area contributed by atoms with Gasteiger partial charge in [0.25, 0.3) is 0 Å². The summed E-state index contributed by atoms with van der Waals surface area (Å²) in [6.45, 7) is 0.506. The van der Waals surface area contributed by atoms with Crippen LogP contribution in [0.2, 0.25) is 0 Å². The first-order chi connectivity index (χ1) is 8.89. The van der Waals surface area contributed by atoms with Gasteiger partial charge >= 0.3 is 0 Å². The average Bonchev–Trinajstić information content (AvgIpc) is 2.37. The van der Waals surface area contributed by atoms with E-state index in [0.717, 1.165) is 25.9 Å². The van der Waals surface area contributed by atoms with Gasteiger partial charge in [-0.2, -0.15) is 0 Å². The van der Waals surface area contributed by atoms with Crippen LogP contribution in [0.15, 0.2) is 12.2 Å². The smallest absolute Gasteiger partial charge is 0.0567 e. The Morgan fingerprint density at radius 1 is 0.647 bits per heavy atom. The normalized spacial score (nSPS) is 28.2. The highest BCUT2D eigenvalue weighted by Crippen LogP contribution is 2.10. The Morgan fingerprint density at radius 3 is 1.88 bits per heavy atom. The maximum atomic E-state index is 7.78. The molecule has 0 aromatic carbocycles. The molecule has 0 radical (unpaired) electrons. The standard InChI is InChI=1S/C16H30O/c1-2-4-6-8-10-12-14-16-17-15-13-11-9-7-5-3-1/h1,3H,2,4-16H2/i16D. The molecule has 0 aromatic heterocycles. The predicted octanol–water partition coefficient (Wildman–Crippen LogP) is 5.25. The van der Waals surface area contributed by atoms with Crippen molar-refractivity contribution in [2.45, 2.75) is 77.0 Å². The summed E-state index contributed by atoms with van der Waals surface area (Å²) in [5.41, 5.74) is 0. The highest BCUT2D eigenvalue weighted by atomic mass is 16.5. The Balaban J connectivity index is 2.15. The van der Waals surface area contributed by atoms with Crippen LogP contribution in [0.1, 0.15) is 78.4 Å². The lowest BCUT2D eigenvalue weighted by molar-refractivity contribution is 0.125. The van der Waals surface area contributed by atoms with Crippen LogP contribution in [-0.2, 0) is 4.74 Å². The van der Waals surface area contributed by atoms with Crippen molar-refractivity contribution in [1.29, 1.82) is 0 Å². The van der Waals surface area contributed by atoms with Gasteiger partial charge in [-0.05, 0) is 38.5 Å². The summed E-state index contributed by atoms with van der Waals surface area (Å²) in [6.07, 6.45) is 19.5. The van der Waals surface area contributed by atoms with Gasteiger partial charge in [-0.15, -0.1) is 0 Å². The van der Waals surface area contributed by atoms with Crippen LogP contribution in [0.25, 0.3) is 0 Å². The Hall–Kier alpha value is -0.300. The summed E-state index contributed by atoms with van der Waals surface area (Å²) in [5, 5.41) is 0. The third kappa shape index (κ3) is 10.6. The summed E-state index contributed by atoms with van der Waals surface area (Å²) in [5.74, 6) is 0. The molecule has 0 fully saturated rings. The van der Waals surface area contributed by atoms with Crippen molar-refractivity contribution in [2.24, 2.45) is 0 Å². The summed E-state index contributed by atoms with van der Waals surface area (Å²) < 4.78 is 13.3. The van der Waals surface area contributed by atoms with Crippen LogP contribution in [0, 0.1) is 0 Å². The van der Waals surface area contributed by atoms with Gasteiger partial charge in [0, 0.05) is 13.2 Å². The molecule has 0 amide bonds. The first kappa shape index (κ1) is 13.1. The van der Waals surface area contributed by atoms with Crippen molar-refractivity contribution in [2.75, 3.05) is 13.2 Å². The van der Waals surface area contributed by atoms with Crippen molar-refractivity contribution in [1.82, 2.24) is 0 Å². The molecule has 1 atom stereocenters. The fourth-order valence-corrected chi connectivity index (χ4v) is 2.22. The van der Waals surface area contributed by atoms with Crippen LogP contribution in [-0.4, -0.2) is 13.2 Å². The lowest BCUT2D eigenvalue weighted by Crippen LogP contribution is -1.97. The quantitative estimate of drug-likeness (QED) is 0.524. The Morgan fingerprint density at radius 2 is 1.18 bits per heavy atom.